The molecule has 4 heteroatoms. The van der Waals surface area contributed by atoms with Crippen molar-refractivity contribution in [3.05, 3.63) is 28.2 Å². The van der Waals surface area contributed by atoms with Gasteiger partial charge < -0.3 is 11.1 Å². The number of nitrogens with one attached hydrogen (secondary N) is 1. The Balaban J connectivity index is 2.30. The van der Waals surface area contributed by atoms with Crippen molar-refractivity contribution in [2.75, 3.05) is 11.9 Å². The number of benzene rings is 1. The van der Waals surface area contributed by atoms with E-state index in [4.69, 9.17) is 5.73 Å². The van der Waals surface area contributed by atoms with E-state index >= 15 is 0 Å². The molecule has 1 unspecified atom stereocenters. The molecule has 0 radical (unpaired) electrons. The van der Waals surface area contributed by atoms with E-state index in [0.717, 1.165) is 23.0 Å². The topological polar surface area (TPSA) is 55.1 Å². The maximum atomic E-state index is 11.7. The van der Waals surface area contributed by atoms with Crippen LogP contribution in [0.1, 0.15) is 12.0 Å². The summed E-state index contributed by atoms with van der Waals surface area (Å²) in [6.45, 7) is 0.557. The lowest BCUT2D eigenvalue weighted by atomic mass is 9.91. The molecule has 0 bridgehead atoms. The number of hydrogen-bond acceptors (Lipinski definition) is 2. The van der Waals surface area contributed by atoms with Gasteiger partial charge in [0.25, 0.3) is 0 Å². The quantitative estimate of drug-likeness (QED) is 0.861. The zero-order chi connectivity index (χ0) is 10.8. The van der Waals surface area contributed by atoms with Gasteiger partial charge in [0.2, 0.25) is 5.91 Å². The van der Waals surface area contributed by atoms with Gasteiger partial charge in [0, 0.05) is 10.4 Å². The standard InChI is InChI=1S/C11H13BrN2O/c12-9-3-1-2-7-6-8(4-5-13)11(15)14-10(7)9/h1-3,8H,4-6,13H2,(H,14,15). The van der Waals surface area contributed by atoms with Gasteiger partial charge in [-0.25, -0.2) is 0 Å². The van der Waals surface area contributed by atoms with Crippen molar-refractivity contribution in [3.8, 4) is 0 Å². The van der Waals surface area contributed by atoms with E-state index in [-0.39, 0.29) is 11.8 Å². The lowest BCUT2D eigenvalue weighted by Crippen LogP contribution is -2.31. The summed E-state index contributed by atoms with van der Waals surface area (Å²) in [7, 11) is 0. The van der Waals surface area contributed by atoms with Crippen molar-refractivity contribution in [1.82, 2.24) is 0 Å². The molecule has 1 aromatic carbocycles. The van der Waals surface area contributed by atoms with Crippen LogP contribution in [0.2, 0.25) is 0 Å². The van der Waals surface area contributed by atoms with Gasteiger partial charge in [0.1, 0.15) is 0 Å². The van der Waals surface area contributed by atoms with Crippen LogP contribution in [0, 0.1) is 5.92 Å². The predicted molar refractivity (Wildman–Crippen MR) is 63.6 cm³/mol. The highest BCUT2D eigenvalue weighted by atomic mass is 79.9. The molecule has 1 aliphatic rings. The van der Waals surface area contributed by atoms with E-state index in [0.29, 0.717) is 6.54 Å². The van der Waals surface area contributed by atoms with E-state index in [1.165, 1.54) is 5.56 Å². The van der Waals surface area contributed by atoms with E-state index in [1.807, 2.05) is 18.2 Å². The van der Waals surface area contributed by atoms with E-state index < -0.39 is 0 Å². The van der Waals surface area contributed by atoms with Gasteiger partial charge in [-0.1, -0.05) is 12.1 Å². The Bertz CT molecular complexity index is 392. The van der Waals surface area contributed by atoms with Gasteiger partial charge in [0.05, 0.1) is 5.69 Å². The number of carbonyl (C=O) groups is 1. The van der Waals surface area contributed by atoms with Crippen LogP contribution in [0.3, 0.4) is 0 Å². The van der Waals surface area contributed by atoms with Crippen LogP contribution >= 0.6 is 15.9 Å². The fourth-order valence-corrected chi connectivity index (χ4v) is 2.40. The number of hydrogen-bond donors (Lipinski definition) is 2. The lowest BCUT2D eigenvalue weighted by molar-refractivity contribution is -0.120. The Morgan fingerprint density at radius 2 is 2.33 bits per heavy atom. The number of fused-ring (bicyclic) bond motifs is 1. The SMILES string of the molecule is NCCC1Cc2cccc(Br)c2NC1=O. The third kappa shape index (κ3) is 2.06. The molecule has 0 saturated heterocycles. The maximum absolute atomic E-state index is 11.7. The van der Waals surface area contributed by atoms with Crippen molar-refractivity contribution in [1.29, 1.82) is 0 Å². The highest BCUT2D eigenvalue weighted by molar-refractivity contribution is 9.10. The van der Waals surface area contributed by atoms with Gasteiger partial charge in [-0.15, -0.1) is 0 Å². The second-order valence-corrected chi connectivity index (χ2v) is 4.60. The Labute approximate surface area is 97.2 Å². The molecule has 1 aliphatic heterocycles. The zero-order valence-corrected chi connectivity index (χ0v) is 9.88. The largest absolute Gasteiger partial charge is 0.330 e. The Kier molecular flexibility index (Phi) is 3.07. The summed E-state index contributed by atoms with van der Waals surface area (Å²) < 4.78 is 0.944. The molecule has 0 aliphatic carbocycles. The summed E-state index contributed by atoms with van der Waals surface area (Å²) >= 11 is 3.43. The molecule has 1 amide bonds. The van der Waals surface area contributed by atoms with Crippen molar-refractivity contribution in [2.45, 2.75) is 12.8 Å². The van der Waals surface area contributed by atoms with Crippen LogP contribution in [0.4, 0.5) is 5.69 Å². The summed E-state index contributed by atoms with van der Waals surface area (Å²) in [6, 6.07) is 5.96. The minimum atomic E-state index is 0.0248. The molecule has 0 spiro atoms. The van der Waals surface area contributed by atoms with Crippen molar-refractivity contribution in [2.24, 2.45) is 11.7 Å². The molecular weight excluding hydrogens is 256 g/mol. The van der Waals surface area contributed by atoms with Crippen LogP contribution in [-0.4, -0.2) is 12.5 Å². The van der Waals surface area contributed by atoms with Crippen LogP contribution in [0.25, 0.3) is 0 Å². The molecule has 0 aromatic heterocycles. The van der Waals surface area contributed by atoms with Crippen LogP contribution in [0.15, 0.2) is 22.7 Å². The zero-order valence-electron chi connectivity index (χ0n) is 8.29. The van der Waals surface area contributed by atoms with Gasteiger partial charge in [-0.3, -0.25) is 4.79 Å². The second-order valence-electron chi connectivity index (χ2n) is 3.74. The van der Waals surface area contributed by atoms with Crippen LogP contribution in [0.5, 0.6) is 0 Å². The minimum absolute atomic E-state index is 0.0248. The highest BCUT2D eigenvalue weighted by Gasteiger charge is 2.26. The van der Waals surface area contributed by atoms with E-state index in [9.17, 15) is 4.79 Å². The molecule has 1 heterocycles. The van der Waals surface area contributed by atoms with Crippen LogP contribution < -0.4 is 11.1 Å². The number of carbonyl (C=O) groups excluding carboxylic acids is 1. The average molecular weight is 269 g/mol. The average Bonchev–Trinajstić information content (AvgIpc) is 2.21. The molecule has 15 heavy (non-hydrogen) atoms. The first kappa shape index (κ1) is 10.6. The molecule has 0 fully saturated rings. The minimum Gasteiger partial charge on any atom is -0.330 e. The van der Waals surface area contributed by atoms with Crippen molar-refractivity contribution < 1.29 is 4.79 Å². The number of amides is 1. The first-order valence-corrected chi connectivity index (χ1v) is 5.80. The predicted octanol–water partition coefficient (Wildman–Crippen LogP) is 1.91. The highest BCUT2D eigenvalue weighted by Crippen LogP contribution is 2.32. The third-order valence-corrected chi connectivity index (χ3v) is 3.36. The Hall–Kier alpha value is -0.870. The monoisotopic (exact) mass is 268 g/mol. The van der Waals surface area contributed by atoms with E-state index in [2.05, 4.69) is 21.2 Å². The number of anilines is 1. The van der Waals surface area contributed by atoms with Crippen molar-refractivity contribution in [3.63, 3.8) is 0 Å². The van der Waals surface area contributed by atoms with E-state index in [1.54, 1.807) is 0 Å². The van der Waals surface area contributed by atoms with Gasteiger partial charge in [-0.05, 0) is 46.9 Å². The molecular formula is C11H13BrN2O. The molecule has 1 aromatic rings. The number of nitrogens with two attached hydrogens (primary N) is 1. The van der Waals surface area contributed by atoms with Gasteiger partial charge in [-0.2, -0.15) is 0 Å². The smallest absolute Gasteiger partial charge is 0.227 e. The molecule has 2 rings (SSSR count). The summed E-state index contributed by atoms with van der Waals surface area (Å²) in [5, 5.41) is 2.92. The van der Waals surface area contributed by atoms with Gasteiger partial charge >= 0.3 is 0 Å². The summed E-state index contributed by atoms with van der Waals surface area (Å²) in [4.78, 5) is 11.7. The molecule has 80 valence electrons. The third-order valence-electron chi connectivity index (χ3n) is 2.70. The summed E-state index contributed by atoms with van der Waals surface area (Å²) in [6.07, 6.45) is 1.54. The first-order valence-electron chi connectivity index (χ1n) is 5.00. The summed E-state index contributed by atoms with van der Waals surface area (Å²) in [5.74, 6) is 0.108. The second kappa shape index (κ2) is 4.33. The lowest BCUT2D eigenvalue weighted by Gasteiger charge is -2.25. The maximum Gasteiger partial charge on any atom is 0.227 e. The fourth-order valence-electron chi connectivity index (χ4n) is 1.90. The molecule has 3 N–H and O–H groups in total. The van der Waals surface area contributed by atoms with Gasteiger partial charge in [0.15, 0.2) is 0 Å². The Morgan fingerprint density at radius 1 is 1.53 bits per heavy atom. The molecule has 1 atom stereocenters. The number of para-hydroxylation sites is 1. The number of halogens is 1. The normalized spacial score (nSPS) is 19.6. The molecule has 3 nitrogen and oxygen atoms in total. The van der Waals surface area contributed by atoms with Crippen molar-refractivity contribution >= 4 is 27.5 Å². The fraction of sp³-hybridized carbons (Fsp3) is 0.364. The number of rotatable bonds is 2. The first-order chi connectivity index (χ1) is 7.22. The summed E-state index contributed by atoms with van der Waals surface area (Å²) in [5.41, 5.74) is 7.58. The Morgan fingerprint density at radius 3 is 3.07 bits per heavy atom. The van der Waals surface area contributed by atoms with Crippen LogP contribution in [-0.2, 0) is 11.2 Å². The molecule has 0 saturated carbocycles.